The molecule has 0 atom stereocenters. The number of benzene rings is 2. The fourth-order valence-corrected chi connectivity index (χ4v) is 2.73. The number of carbonyl (C=O) groups is 2. The molecule has 2 aromatic carbocycles. The van der Waals surface area contributed by atoms with Crippen LogP contribution >= 0.6 is 11.8 Å². The highest BCUT2D eigenvalue weighted by molar-refractivity contribution is 8.00. The van der Waals surface area contributed by atoms with Gasteiger partial charge in [-0.2, -0.15) is 0 Å². The van der Waals surface area contributed by atoms with E-state index in [9.17, 15) is 14.7 Å². The van der Waals surface area contributed by atoms with Crippen molar-refractivity contribution in [3.05, 3.63) is 36.4 Å². The minimum atomic E-state index is -0.362. The first-order valence-electron chi connectivity index (χ1n) is 6.52. The van der Waals surface area contributed by atoms with Gasteiger partial charge in [0.25, 0.3) is 0 Å². The molecule has 0 aliphatic rings. The first-order chi connectivity index (χ1) is 10.1. The van der Waals surface area contributed by atoms with Crippen LogP contribution in [-0.4, -0.2) is 29.7 Å². The number of ether oxygens (including phenoxy) is 1. The van der Waals surface area contributed by atoms with Crippen LogP contribution in [0.4, 0.5) is 0 Å². The number of ketones is 1. The molecule has 0 amide bonds. The van der Waals surface area contributed by atoms with Crippen molar-refractivity contribution in [2.24, 2.45) is 0 Å². The van der Waals surface area contributed by atoms with Crippen LogP contribution in [0.15, 0.2) is 41.3 Å². The van der Waals surface area contributed by atoms with Crippen LogP contribution in [0.3, 0.4) is 0 Å². The van der Waals surface area contributed by atoms with Crippen molar-refractivity contribution in [3.8, 4) is 5.75 Å². The third-order valence-electron chi connectivity index (χ3n) is 3.03. The van der Waals surface area contributed by atoms with Crippen LogP contribution in [0.5, 0.6) is 5.75 Å². The number of carbonyl (C=O) groups excluding carboxylic acids is 2. The summed E-state index contributed by atoms with van der Waals surface area (Å²) >= 11 is 1.44. The van der Waals surface area contributed by atoms with Crippen molar-refractivity contribution in [2.45, 2.75) is 17.7 Å². The van der Waals surface area contributed by atoms with Crippen molar-refractivity contribution in [1.29, 1.82) is 0 Å². The van der Waals surface area contributed by atoms with E-state index >= 15 is 0 Å². The van der Waals surface area contributed by atoms with E-state index < -0.39 is 0 Å². The third kappa shape index (κ3) is 4.49. The molecule has 5 heteroatoms. The number of hydrogen-bond acceptors (Lipinski definition) is 5. The smallest absolute Gasteiger partial charge is 0.305 e. The van der Waals surface area contributed by atoms with Crippen molar-refractivity contribution in [2.75, 3.05) is 12.9 Å². The number of phenolic OH excluding ortho intramolecular Hbond substituents is 1. The molecule has 0 fully saturated rings. The molecule has 110 valence electrons. The van der Waals surface area contributed by atoms with E-state index in [0.29, 0.717) is 5.75 Å². The number of phenols is 1. The van der Waals surface area contributed by atoms with E-state index in [4.69, 9.17) is 0 Å². The van der Waals surface area contributed by atoms with Gasteiger partial charge in [-0.25, -0.2) is 0 Å². The average Bonchev–Trinajstić information content (AvgIpc) is 2.50. The lowest BCUT2D eigenvalue weighted by Gasteiger charge is -2.04. The van der Waals surface area contributed by atoms with Gasteiger partial charge in [0.2, 0.25) is 0 Å². The number of aromatic hydroxyl groups is 1. The monoisotopic (exact) mass is 304 g/mol. The molecular formula is C16H16O4S. The molecule has 0 aliphatic heterocycles. The number of methoxy groups -OCH3 is 1. The highest BCUT2D eigenvalue weighted by atomic mass is 32.2. The highest BCUT2D eigenvalue weighted by Gasteiger charge is 2.08. The number of Topliss-reactive ketones (excluding diaryl/α,β-unsaturated/α-hetero) is 1. The first kappa shape index (κ1) is 15.4. The van der Waals surface area contributed by atoms with Crippen molar-refractivity contribution in [1.82, 2.24) is 0 Å². The molecule has 0 aliphatic carbocycles. The largest absolute Gasteiger partial charge is 0.508 e. The van der Waals surface area contributed by atoms with Gasteiger partial charge in [-0.05, 0) is 35.0 Å². The summed E-state index contributed by atoms with van der Waals surface area (Å²) in [5, 5.41) is 11.4. The van der Waals surface area contributed by atoms with Crippen LogP contribution in [0.25, 0.3) is 10.8 Å². The lowest BCUT2D eigenvalue weighted by atomic mass is 10.1. The summed E-state index contributed by atoms with van der Waals surface area (Å²) in [5.41, 5.74) is 0. The number of rotatable bonds is 6. The molecule has 21 heavy (non-hydrogen) atoms. The topological polar surface area (TPSA) is 63.6 Å². The van der Waals surface area contributed by atoms with Gasteiger partial charge in [0.05, 0.1) is 19.3 Å². The molecule has 0 heterocycles. The lowest BCUT2D eigenvalue weighted by molar-refractivity contribution is -0.141. The van der Waals surface area contributed by atoms with Crippen molar-refractivity contribution < 1.29 is 19.4 Å². The molecule has 0 aromatic heterocycles. The zero-order chi connectivity index (χ0) is 15.2. The fraction of sp³-hybridized carbons (Fsp3) is 0.250. The minimum Gasteiger partial charge on any atom is -0.508 e. The van der Waals surface area contributed by atoms with E-state index in [2.05, 4.69) is 4.74 Å². The van der Waals surface area contributed by atoms with Crippen LogP contribution in [0, 0.1) is 0 Å². The summed E-state index contributed by atoms with van der Waals surface area (Å²) in [5.74, 6) is 0.233. The fourth-order valence-electron chi connectivity index (χ4n) is 1.88. The highest BCUT2D eigenvalue weighted by Crippen LogP contribution is 2.26. The normalized spacial score (nSPS) is 10.5. The molecule has 1 N–H and O–H groups in total. The number of thioether (sulfide) groups is 1. The van der Waals surface area contributed by atoms with Gasteiger partial charge in [0.15, 0.2) is 0 Å². The molecule has 2 rings (SSSR count). The summed E-state index contributed by atoms with van der Waals surface area (Å²) in [6.07, 6.45) is 0.341. The second-order valence-electron chi connectivity index (χ2n) is 4.60. The molecule has 0 spiro atoms. The Balaban J connectivity index is 1.92. The van der Waals surface area contributed by atoms with Crippen LogP contribution in [-0.2, 0) is 14.3 Å². The Labute approximate surface area is 127 Å². The van der Waals surface area contributed by atoms with Crippen LogP contribution in [0.2, 0.25) is 0 Å². The van der Waals surface area contributed by atoms with Gasteiger partial charge in [-0.15, -0.1) is 11.8 Å². The summed E-state index contributed by atoms with van der Waals surface area (Å²) in [7, 11) is 1.31. The second-order valence-corrected chi connectivity index (χ2v) is 5.65. The zero-order valence-corrected chi connectivity index (χ0v) is 12.5. The van der Waals surface area contributed by atoms with E-state index in [1.165, 1.54) is 18.9 Å². The van der Waals surface area contributed by atoms with E-state index in [1.807, 2.05) is 24.3 Å². The molecular weight excluding hydrogens is 288 g/mol. The number of esters is 1. The quantitative estimate of drug-likeness (QED) is 0.656. The van der Waals surface area contributed by atoms with E-state index in [-0.39, 0.29) is 30.3 Å². The Bertz CT molecular complexity index is 666. The maximum Gasteiger partial charge on any atom is 0.305 e. The van der Waals surface area contributed by atoms with E-state index in [0.717, 1.165) is 15.7 Å². The van der Waals surface area contributed by atoms with Gasteiger partial charge in [-0.1, -0.05) is 12.1 Å². The Hall–Kier alpha value is -2.01. The van der Waals surface area contributed by atoms with Gasteiger partial charge >= 0.3 is 5.97 Å². The molecule has 0 radical (unpaired) electrons. The SMILES string of the molecule is COC(=O)CCC(=O)CSc1ccc2cc(O)ccc2c1. The molecule has 0 saturated carbocycles. The van der Waals surface area contributed by atoms with Gasteiger partial charge in [0.1, 0.15) is 11.5 Å². The molecule has 0 bridgehead atoms. The molecule has 0 unspecified atom stereocenters. The number of hydrogen-bond donors (Lipinski definition) is 1. The Morgan fingerprint density at radius 3 is 2.57 bits per heavy atom. The summed E-state index contributed by atoms with van der Waals surface area (Å²) in [4.78, 5) is 23.6. The van der Waals surface area contributed by atoms with Crippen molar-refractivity contribution >= 4 is 34.3 Å². The second kappa shape index (κ2) is 7.13. The molecule has 4 nitrogen and oxygen atoms in total. The summed E-state index contributed by atoms with van der Waals surface area (Å²) < 4.78 is 4.50. The lowest BCUT2D eigenvalue weighted by Crippen LogP contribution is -2.07. The Morgan fingerprint density at radius 2 is 1.81 bits per heavy atom. The third-order valence-corrected chi connectivity index (χ3v) is 4.08. The number of fused-ring (bicyclic) bond motifs is 1. The van der Waals surface area contributed by atoms with E-state index in [1.54, 1.807) is 12.1 Å². The van der Waals surface area contributed by atoms with Gasteiger partial charge in [-0.3, -0.25) is 9.59 Å². The average molecular weight is 304 g/mol. The van der Waals surface area contributed by atoms with Crippen LogP contribution in [0.1, 0.15) is 12.8 Å². The molecule has 0 saturated heterocycles. The maximum absolute atomic E-state index is 11.7. The standard InChI is InChI=1S/C16H16O4S/c1-20-16(19)7-5-14(18)10-21-15-6-3-11-8-13(17)4-2-12(11)9-15/h2-4,6,8-9,17H,5,7,10H2,1H3. The van der Waals surface area contributed by atoms with Gasteiger partial charge < -0.3 is 9.84 Å². The summed E-state index contributed by atoms with van der Waals surface area (Å²) in [6.45, 7) is 0. The summed E-state index contributed by atoms with van der Waals surface area (Å²) in [6, 6.07) is 11.0. The Morgan fingerprint density at radius 1 is 1.10 bits per heavy atom. The minimum absolute atomic E-state index is 0.0243. The van der Waals surface area contributed by atoms with Crippen molar-refractivity contribution in [3.63, 3.8) is 0 Å². The first-order valence-corrected chi connectivity index (χ1v) is 7.51. The van der Waals surface area contributed by atoms with Gasteiger partial charge in [0, 0.05) is 11.3 Å². The molecule has 2 aromatic rings. The predicted octanol–water partition coefficient (Wildman–Crippen LogP) is 3.16. The maximum atomic E-state index is 11.7. The Kier molecular flexibility index (Phi) is 5.22. The zero-order valence-electron chi connectivity index (χ0n) is 11.7. The predicted molar refractivity (Wildman–Crippen MR) is 82.6 cm³/mol. The van der Waals surface area contributed by atoms with Crippen LogP contribution < -0.4 is 0 Å².